The molecule has 2 N–H and O–H groups in total. The van der Waals surface area contributed by atoms with E-state index in [1.165, 1.54) is 0 Å². The van der Waals surface area contributed by atoms with Gasteiger partial charge in [0.15, 0.2) is 0 Å². The Morgan fingerprint density at radius 3 is 2.57 bits per heavy atom. The van der Waals surface area contributed by atoms with Crippen LogP contribution in [0.15, 0.2) is 54.6 Å². The lowest BCUT2D eigenvalue weighted by molar-refractivity contribution is -0.131. The van der Waals surface area contributed by atoms with Crippen molar-refractivity contribution in [3.8, 4) is 0 Å². The maximum Gasteiger partial charge on any atom is 0.245 e. The standard InChI is InChI=1S/C22H23N5O3/c1-26-18-10-6-5-9-17(18)23-19(26)12-20(28)24-25-22(30)16-11-21(29)27(14-16)13-15-7-3-2-4-8-15/h2-10,16H,11-14H2,1H3,(H,24,28)(H,25,30)/t16-/m0/s1. The second-order valence-corrected chi connectivity index (χ2v) is 7.45. The largest absolute Gasteiger partial charge is 0.338 e. The van der Waals surface area contributed by atoms with Gasteiger partial charge in [0.2, 0.25) is 17.7 Å². The summed E-state index contributed by atoms with van der Waals surface area (Å²) >= 11 is 0. The molecule has 3 aromatic rings. The third-order valence-electron chi connectivity index (χ3n) is 5.33. The summed E-state index contributed by atoms with van der Waals surface area (Å²) in [6.45, 7) is 0.808. The minimum Gasteiger partial charge on any atom is -0.338 e. The number of nitrogens with zero attached hydrogens (tertiary/aromatic N) is 3. The van der Waals surface area contributed by atoms with E-state index in [2.05, 4.69) is 15.8 Å². The second kappa shape index (κ2) is 8.36. The van der Waals surface area contributed by atoms with Crippen molar-refractivity contribution in [2.24, 2.45) is 13.0 Å². The first kappa shape index (κ1) is 19.6. The molecule has 1 aromatic heterocycles. The van der Waals surface area contributed by atoms with Gasteiger partial charge in [0.05, 0.1) is 23.4 Å². The monoisotopic (exact) mass is 405 g/mol. The zero-order chi connectivity index (χ0) is 21.1. The number of nitrogens with one attached hydrogen (secondary N) is 2. The molecule has 2 heterocycles. The minimum atomic E-state index is -0.489. The lowest BCUT2D eigenvalue weighted by atomic mass is 10.1. The van der Waals surface area contributed by atoms with Crippen LogP contribution >= 0.6 is 0 Å². The third kappa shape index (κ3) is 4.17. The summed E-state index contributed by atoms with van der Waals surface area (Å²) < 4.78 is 1.85. The molecular weight excluding hydrogens is 382 g/mol. The summed E-state index contributed by atoms with van der Waals surface area (Å²) in [4.78, 5) is 43.1. The predicted octanol–water partition coefficient (Wildman–Crippen LogP) is 1.31. The van der Waals surface area contributed by atoms with E-state index < -0.39 is 5.92 Å². The normalized spacial score (nSPS) is 16.1. The number of amides is 3. The van der Waals surface area contributed by atoms with Gasteiger partial charge in [-0.05, 0) is 17.7 Å². The molecule has 1 fully saturated rings. The van der Waals surface area contributed by atoms with Crippen molar-refractivity contribution >= 4 is 28.8 Å². The molecule has 0 aliphatic carbocycles. The molecule has 0 saturated carbocycles. The van der Waals surface area contributed by atoms with Gasteiger partial charge >= 0.3 is 0 Å². The first-order chi connectivity index (χ1) is 14.5. The van der Waals surface area contributed by atoms with E-state index in [0.29, 0.717) is 18.9 Å². The molecule has 8 nitrogen and oxygen atoms in total. The number of hydrazine groups is 1. The summed E-state index contributed by atoms with van der Waals surface area (Å²) in [7, 11) is 1.85. The Balaban J connectivity index is 1.29. The first-order valence-electron chi connectivity index (χ1n) is 9.82. The molecule has 1 aliphatic rings. The minimum absolute atomic E-state index is 0.0369. The molecule has 8 heteroatoms. The lowest BCUT2D eigenvalue weighted by Gasteiger charge is -2.16. The fourth-order valence-electron chi connectivity index (χ4n) is 3.68. The number of fused-ring (bicyclic) bond motifs is 1. The number of aryl methyl sites for hydroxylation is 1. The van der Waals surface area contributed by atoms with E-state index >= 15 is 0 Å². The molecule has 0 unspecified atom stereocenters. The van der Waals surface area contributed by atoms with Gasteiger partial charge in [0.1, 0.15) is 5.82 Å². The molecule has 4 rings (SSSR count). The molecule has 0 radical (unpaired) electrons. The van der Waals surface area contributed by atoms with Crippen LogP contribution < -0.4 is 10.9 Å². The SMILES string of the molecule is Cn1c(CC(=O)NNC(=O)[C@H]2CC(=O)N(Cc3ccccc3)C2)nc2ccccc21. The van der Waals surface area contributed by atoms with Crippen LogP contribution in [0.5, 0.6) is 0 Å². The highest BCUT2D eigenvalue weighted by atomic mass is 16.2. The van der Waals surface area contributed by atoms with Crippen LogP contribution in [0.3, 0.4) is 0 Å². The number of para-hydroxylation sites is 2. The molecule has 1 saturated heterocycles. The van der Waals surface area contributed by atoms with E-state index in [1.807, 2.05) is 66.2 Å². The average molecular weight is 405 g/mol. The Morgan fingerprint density at radius 2 is 1.80 bits per heavy atom. The average Bonchev–Trinajstić information content (AvgIpc) is 3.27. The number of hydrogen-bond acceptors (Lipinski definition) is 4. The van der Waals surface area contributed by atoms with Crippen molar-refractivity contribution in [1.82, 2.24) is 25.3 Å². The Hall–Kier alpha value is -3.68. The molecule has 1 aliphatic heterocycles. The molecule has 30 heavy (non-hydrogen) atoms. The number of likely N-dealkylation sites (tertiary alicyclic amines) is 1. The summed E-state index contributed by atoms with van der Waals surface area (Å²) in [6, 6.07) is 17.3. The zero-order valence-corrected chi connectivity index (χ0v) is 16.7. The van der Waals surface area contributed by atoms with Crippen molar-refractivity contribution in [2.75, 3.05) is 6.54 Å². The molecule has 3 amide bonds. The fraction of sp³-hybridized carbons (Fsp3) is 0.273. The van der Waals surface area contributed by atoms with Crippen LogP contribution in [0.2, 0.25) is 0 Å². The predicted molar refractivity (Wildman–Crippen MR) is 111 cm³/mol. The van der Waals surface area contributed by atoms with Crippen LogP contribution in [0.25, 0.3) is 11.0 Å². The number of carbonyl (C=O) groups excluding carboxylic acids is 3. The van der Waals surface area contributed by atoms with Gasteiger partial charge in [-0.1, -0.05) is 42.5 Å². The second-order valence-electron chi connectivity index (χ2n) is 7.45. The van der Waals surface area contributed by atoms with E-state index in [-0.39, 0.29) is 30.6 Å². The lowest BCUT2D eigenvalue weighted by Crippen LogP contribution is -2.45. The topological polar surface area (TPSA) is 96.3 Å². The number of benzene rings is 2. The number of hydrogen-bond donors (Lipinski definition) is 2. The van der Waals surface area contributed by atoms with E-state index in [1.54, 1.807) is 4.90 Å². The van der Waals surface area contributed by atoms with E-state index in [4.69, 9.17) is 0 Å². The maximum absolute atomic E-state index is 12.4. The summed E-state index contributed by atoms with van der Waals surface area (Å²) in [6.07, 6.45) is 0.175. The van der Waals surface area contributed by atoms with E-state index in [0.717, 1.165) is 16.6 Å². The molecule has 2 aromatic carbocycles. The molecule has 154 valence electrons. The Morgan fingerprint density at radius 1 is 1.07 bits per heavy atom. The van der Waals surface area contributed by atoms with Crippen LogP contribution in [0.4, 0.5) is 0 Å². The summed E-state index contributed by atoms with van der Waals surface area (Å²) in [5.74, 6) is -0.681. The van der Waals surface area contributed by atoms with Gasteiger partial charge in [-0.2, -0.15) is 0 Å². The van der Waals surface area contributed by atoms with Crippen LogP contribution in [-0.4, -0.2) is 38.7 Å². The Labute approximate surface area is 173 Å². The van der Waals surface area contributed by atoms with Crippen molar-refractivity contribution in [2.45, 2.75) is 19.4 Å². The highest BCUT2D eigenvalue weighted by molar-refractivity contribution is 5.90. The summed E-state index contributed by atoms with van der Waals surface area (Å²) in [5, 5.41) is 0. The van der Waals surface area contributed by atoms with Crippen LogP contribution in [-0.2, 0) is 34.4 Å². The molecule has 0 bridgehead atoms. The van der Waals surface area contributed by atoms with Crippen LogP contribution in [0.1, 0.15) is 17.8 Å². The van der Waals surface area contributed by atoms with Crippen molar-refractivity contribution in [1.29, 1.82) is 0 Å². The quantitative estimate of drug-likeness (QED) is 0.626. The zero-order valence-electron chi connectivity index (χ0n) is 16.7. The highest BCUT2D eigenvalue weighted by Crippen LogP contribution is 2.20. The third-order valence-corrected chi connectivity index (χ3v) is 5.33. The van der Waals surface area contributed by atoms with Crippen molar-refractivity contribution in [3.63, 3.8) is 0 Å². The van der Waals surface area contributed by atoms with E-state index in [9.17, 15) is 14.4 Å². The Bertz CT molecular complexity index is 1090. The number of imidazole rings is 1. The van der Waals surface area contributed by atoms with Gasteiger partial charge < -0.3 is 9.47 Å². The van der Waals surface area contributed by atoms with Gasteiger partial charge in [0, 0.05) is 26.6 Å². The first-order valence-corrected chi connectivity index (χ1v) is 9.82. The number of aromatic nitrogens is 2. The van der Waals surface area contributed by atoms with Gasteiger partial charge in [-0.3, -0.25) is 25.2 Å². The summed E-state index contributed by atoms with van der Waals surface area (Å²) in [5.41, 5.74) is 7.65. The highest BCUT2D eigenvalue weighted by Gasteiger charge is 2.34. The van der Waals surface area contributed by atoms with Crippen molar-refractivity contribution in [3.05, 3.63) is 66.0 Å². The number of carbonyl (C=O) groups is 3. The van der Waals surface area contributed by atoms with Crippen molar-refractivity contribution < 1.29 is 14.4 Å². The van der Waals surface area contributed by atoms with Gasteiger partial charge in [0.25, 0.3) is 0 Å². The number of rotatable bonds is 5. The van der Waals surface area contributed by atoms with Gasteiger partial charge in [-0.25, -0.2) is 4.98 Å². The van der Waals surface area contributed by atoms with Crippen LogP contribution in [0, 0.1) is 5.92 Å². The molecule has 0 spiro atoms. The molecular formula is C22H23N5O3. The maximum atomic E-state index is 12.4. The van der Waals surface area contributed by atoms with Gasteiger partial charge in [-0.15, -0.1) is 0 Å². The molecule has 1 atom stereocenters. The fourth-order valence-corrected chi connectivity index (χ4v) is 3.68. The smallest absolute Gasteiger partial charge is 0.245 e. The Kier molecular flexibility index (Phi) is 5.47.